The predicted octanol–water partition coefficient (Wildman–Crippen LogP) is 4.94. The van der Waals surface area contributed by atoms with Crippen LogP contribution in [-0.4, -0.2) is 33.9 Å². The van der Waals surface area contributed by atoms with Gasteiger partial charge in [0.1, 0.15) is 17.0 Å². The van der Waals surface area contributed by atoms with Crippen molar-refractivity contribution in [1.82, 2.24) is 14.8 Å². The highest BCUT2D eigenvalue weighted by molar-refractivity contribution is 6.03. The van der Waals surface area contributed by atoms with Gasteiger partial charge < -0.3 is 19.5 Å². The Balaban J connectivity index is 1.51. The summed E-state index contributed by atoms with van der Waals surface area (Å²) in [6.07, 6.45) is 0.950. The zero-order valence-electron chi connectivity index (χ0n) is 21.0. The van der Waals surface area contributed by atoms with Gasteiger partial charge in [-0.05, 0) is 42.7 Å². The molecule has 1 N–H and O–H groups in total. The first-order valence-electron chi connectivity index (χ1n) is 12.3. The van der Waals surface area contributed by atoms with Gasteiger partial charge in [-0.1, -0.05) is 67.6 Å². The lowest BCUT2D eigenvalue weighted by molar-refractivity contribution is -0.133. The van der Waals surface area contributed by atoms with E-state index in [1.807, 2.05) is 78.2 Å². The van der Waals surface area contributed by atoms with Gasteiger partial charge in [0.05, 0.1) is 13.7 Å². The van der Waals surface area contributed by atoms with E-state index in [1.165, 1.54) is 5.56 Å². The second kappa shape index (κ2) is 9.53. The maximum atomic E-state index is 13.9. The molecule has 6 nitrogen and oxygen atoms in total. The third-order valence-electron chi connectivity index (χ3n) is 7.23. The van der Waals surface area contributed by atoms with E-state index in [2.05, 4.69) is 24.4 Å². The monoisotopic (exact) mass is 481 g/mol. The number of hydrogen-bond donors (Lipinski definition) is 1. The molecular formula is C30H31N3O3. The van der Waals surface area contributed by atoms with Crippen LogP contribution in [0, 0.1) is 0 Å². The zero-order chi connectivity index (χ0) is 25.3. The van der Waals surface area contributed by atoms with Crippen molar-refractivity contribution < 1.29 is 14.3 Å². The Kier molecular flexibility index (Phi) is 6.27. The van der Waals surface area contributed by atoms with Gasteiger partial charge in [0.15, 0.2) is 0 Å². The van der Waals surface area contributed by atoms with Crippen LogP contribution in [0.2, 0.25) is 0 Å². The van der Waals surface area contributed by atoms with Gasteiger partial charge in [-0.15, -0.1) is 0 Å². The average Bonchev–Trinajstić information content (AvgIpc) is 3.28. The average molecular weight is 482 g/mol. The first kappa shape index (κ1) is 23.7. The van der Waals surface area contributed by atoms with Gasteiger partial charge in [-0.25, -0.2) is 0 Å². The third kappa shape index (κ3) is 4.13. The molecule has 6 heteroatoms. The van der Waals surface area contributed by atoms with E-state index < -0.39 is 5.54 Å². The van der Waals surface area contributed by atoms with E-state index in [4.69, 9.17) is 4.74 Å². The number of para-hydroxylation sites is 2. The molecule has 184 valence electrons. The summed E-state index contributed by atoms with van der Waals surface area (Å²) in [5, 5.41) is 4.08. The largest absolute Gasteiger partial charge is 0.496 e. The molecule has 36 heavy (non-hydrogen) atoms. The standard InChI is InChI=1S/C30H31N3O3/c1-4-21-13-15-22(16-14-21)19-33-28(34)26-17-23-9-5-7-11-25(23)32(26)20-30(33,2)29(35)31-18-24-10-6-8-12-27(24)36-3/h5-17H,4,18-20H2,1-3H3,(H,31,35)/t30-/m1/s1. The van der Waals surface area contributed by atoms with Gasteiger partial charge >= 0.3 is 0 Å². The van der Waals surface area contributed by atoms with Crippen molar-refractivity contribution in [3.63, 3.8) is 0 Å². The molecule has 1 atom stereocenters. The molecule has 1 aromatic heterocycles. The molecule has 0 bridgehead atoms. The van der Waals surface area contributed by atoms with Crippen LogP contribution in [0.3, 0.4) is 0 Å². The molecule has 1 aliphatic rings. The number of carbonyl (C=O) groups is 2. The molecule has 0 saturated carbocycles. The van der Waals surface area contributed by atoms with E-state index in [9.17, 15) is 9.59 Å². The SMILES string of the molecule is CCc1ccc(CN2C(=O)c3cc4ccccc4n3C[C@]2(C)C(=O)NCc2ccccc2OC)cc1. The number of amides is 2. The summed E-state index contributed by atoms with van der Waals surface area (Å²) in [6, 6.07) is 25.7. The molecule has 4 aromatic rings. The molecule has 2 amide bonds. The molecule has 0 radical (unpaired) electrons. The summed E-state index contributed by atoms with van der Waals surface area (Å²) >= 11 is 0. The fraction of sp³-hybridized carbons (Fsp3) is 0.267. The Morgan fingerprint density at radius 2 is 1.69 bits per heavy atom. The van der Waals surface area contributed by atoms with Crippen molar-refractivity contribution in [2.24, 2.45) is 0 Å². The number of fused-ring (bicyclic) bond motifs is 3. The van der Waals surface area contributed by atoms with Gasteiger partial charge in [0.25, 0.3) is 5.91 Å². The van der Waals surface area contributed by atoms with Gasteiger partial charge in [-0.2, -0.15) is 0 Å². The van der Waals surface area contributed by atoms with Crippen molar-refractivity contribution in [2.75, 3.05) is 7.11 Å². The van der Waals surface area contributed by atoms with Crippen LogP contribution < -0.4 is 10.1 Å². The van der Waals surface area contributed by atoms with Crippen molar-refractivity contribution in [2.45, 2.75) is 45.4 Å². The smallest absolute Gasteiger partial charge is 0.271 e. The molecule has 3 aromatic carbocycles. The molecular weight excluding hydrogens is 450 g/mol. The second-order valence-electron chi connectivity index (χ2n) is 9.50. The van der Waals surface area contributed by atoms with Crippen molar-refractivity contribution in [3.8, 4) is 5.75 Å². The van der Waals surface area contributed by atoms with Crippen molar-refractivity contribution in [3.05, 3.63) is 101 Å². The van der Waals surface area contributed by atoms with Crippen LogP contribution in [0.4, 0.5) is 0 Å². The highest BCUT2D eigenvalue weighted by atomic mass is 16.5. The summed E-state index contributed by atoms with van der Waals surface area (Å²) in [5.41, 5.74) is 3.59. The number of aryl methyl sites for hydroxylation is 1. The van der Waals surface area contributed by atoms with Gasteiger partial charge in [-0.3, -0.25) is 9.59 Å². The minimum Gasteiger partial charge on any atom is -0.496 e. The number of carbonyl (C=O) groups excluding carboxylic acids is 2. The lowest BCUT2D eigenvalue weighted by Gasteiger charge is -2.44. The lowest BCUT2D eigenvalue weighted by atomic mass is 9.93. The minimum atomic E-state index is -1.09. The number of nitrogens with zero attached hydrogens (tertiary/aromatic N) is 2. The molecule has 0 saturated heterocycles. The summed E-state index contributed by atoms with van der Waals surface area (Å²) < 4.78 is 7.43. The molecule has 1 aliphatic heterocycles. The van der Waals surface area contributed by atoms with E-state index in [1.54, 1.807) is 12.0 Å². The number of aromatic nitrogens is 1. The van der Waals surface area contributed by atoms with Gasteiger partial charge in [0.2, 0.25) is 5.91 Å². The summed E-state index contributed by atoms with van der Waals surface area (Å²) in [4.78, 5) is 29.5. The number of hydrogen-bond acceptors (Lipinski definition) is 3. The Morgan fingerprint density at radius 3 is 2.44 bits per heavy atom. The molecule has 2 heterocycles. The topological polar surface area (TPSA) is 63.6 Å². The van der Waals surface area contributed by atoms with Crippen LogP contribution in [0.1, 0.15) is 41.0 Å². The van der Waals surface area contributed by atoms with E-state index in [0.717, 1.165) is 28.5 Å². The Morgan fingerprint density at radius 1 is 1.00 bits per heavy atom. The van der Waals surface area contributed by atoms with E-state index >= 15 is 0 Å². The fourth-order valence-electron chi connectivity index (χ4n) is 5.03. The summed E-state index contributed by atoms with van der Waals surface area (Å²) in [5.74, 6) is 0.372. The molecule has 0 aliphatic carbocycles. The first-order valence-corrected chi connectivity index (χ1v) is 12.3. The summed E-state index contributed by atoms with van der Waals surface area (Å²) in [6.45, 7) is 5.01. The predicted molar refractivity (Wildman–Crippen MR) is 141 cm³/mol. The Bertz CT molecular complexity index is 1420. The fourth-order valence-corrected chi connectivity index (χ4v) is 5.03. The molecule has 0 unspecified atom stereocenters. The summed E-state index contributed by atoms with van der Waals surface area (Å²) in [7, 11) is 1.62. The van der Waals surface area contributed by atoms with Gasteiger partial charge in [0, 0.05) is 29.6 Å². The van der Waals surface area contributed by atoms with Crippen LogP contribution in [0.5, 0.6) is 5.75 Å². The number of methoxy groups -OCH3 is 1. The molecule has 5 rings (SSSR count). The highest BCUT2D eigenvalue weighted by Crippen LogP contribution is 2.33. The van der Waals surface area contributed by atoms with Crippen LogP contribution in [0.15, 0.2) is 78.9 Å². The number of nitrogens with one attached hydrogen (secondary N) is 1. The Hall–Kier alpha value is -4.06. The van der Waals surface area contributed by atoms with Crippen LogP contribution in [0.25, 0.3) is 10.9 Å². The first-order chi connectivity index (χ1) is 17.4. The molecule has 0 fully saturated rings. The van der Waals surface area contributed by atoms with Crippen molar-refractivity contribution >= 4 is 22.7 Å². The van der Waals surface area contributed by atoms with Crippen LogP contribution >= 0.6 is 0 Å². The van der Waals surface area contributed by atoms with Crippen LogP contribution in [-0.2, 0) is 30.8 Å². The number of ether oxygens (including phenoxy) is 1. The quantitative estimate of drug-likeness (QED) is 0.407. The zero-order valence-corrected chi connectivity index (χ0v) is 21.0. The van der Waals surface area contributed by atoms with Crippen molar-refractivity contribution in [1.29, 1.82) is 0 Å². The Labute approximate surface area is 211 Å². The lowest BCUT2D eigenvalue weighted by Crippen LogP contribution is -2.63. The van der Waals surface area contributed by atoms with E-state index in [-0.39, 0.29) is 11.8 Å². The normalized spacial score (nSPS) is 17.2. The number of benzene rings is 3. The minimum absolute atomic E-state index is 0.146. The second-order valence-corrected chi connectivity index (χ2v) is 9.50. The number of rotatable bonds is 7. The molecule has 0 spiro atoms. The highest BCUT2D eigenvalue weighted by Gasteiger charge is 2.47. The maximum absolute atomic E-state index is 13.9. The van der Waals surface area contributed by atoms with E-state index in [0.29, 0.717) is 31.1 Å². The third-order valence-corrected chi connectivity index (χ3v) is 7.23. The maximum Gasteiger partial charge on any atom is 0.271 e.